The number of phenolic OH excluding ortho intramolecular Hbond substituents is 1. The highest BCUT2D eigenvalue weighted by Crippen LogP contribution is 2.25. The van der Waals surface area contributed by atoms with Crippen molar-refractivity contribution in [3.8, 4) is 5.75 Å². The highest BCUT2D eigenvalue weighted by atomic mass is 32.2. The molecule has 1 aromatic heterocycles. The van der Waals surface area contributed by atoms with Crippen LogP contribution in [0.5, 0.6) is 5.75 Å². The van der Waals surface area contributed by atoms with Crippen molar-refractivity contribution in [1.29, 1.82) is 0 Å². The molecule has 0 saturated heterocycles. The van der Waals surface area contributed by atoms with Gasteiger partial charge in [-0.1, -0.05) is 23.9 Å². The molecule has 0 bridgehead atoms. The first kappa shape index (κ1) is 12.0. The van der Waals surface area contributed by atoms with Gasteiger partial charge in [0.25, 0.3) is 0 Å². The third-order valence-electron chi connectivity index (χ3n) is 2.71. The van der Waals surface area contributed by atoms with Crippen LogP contribution >= 0.6 is 11.8 Å². The second kappa shape index (κ2) is 4.93. The maximum atomic E-state index is 13.0. The van der Waals surface area contributed by atoms with Crippen molar-refractivity contribution in [3.63, 3.8) is 0 Å². The van der Waals surface area contributed by atoms with E-state index in [0.29, 0.717) is 5.75 Å². The van der Waals surface area contributed by atoms with Gasteiger partial charge in [-0.25, -0.2) is 9.37 Å². The quantitative estimate of drug-likeness (QED) is 0.716. The molecule has 0 radical (unpaired) electrons. The van der Waals surface area contributed by atoms with Crippen LogP contribution in [-0.4, -0.2) is 15.1 Å². The third kappa shape index (κ3) is 2.71. The summed E-state index contributed by atoms with van der Waals surface area (Å²) in [6.45, 7) is 0. The maximum absolute atomic E-state index is 13.0. The van der Waals surface area contributed by atoms with Gasteiger partial charge in [-0.2, -0.15) is 0 Å². The van der Waals surface area contributed by atoms with Crippen LogP contribution in [0.1, 0.15) is 5.56 Å². The van der Waals surface area contributed by atoms with Gasteiger partial charge in [0.2, 0.25) is 0 Å². The molecule has 0 aliphatic rings. The van der Waals surface area contributed by atoms with E-state index in [0.717, 1.165) is 21.8 Å². The topological polar surface area (TPSA) is 48.9 Å². The van der Waals surface area contributed by atoms with Crippen molar-refractivity contribution in [1.82, 2.24) is 9.97 Å². The Morgan fingerprint density at radius 2 is 2.11 bits per heavy atom. The van der Waals surface area contributed by atoms with E-state index in [1.807, 2.05) is 6.07 Å². The number of rotatable bonds is 3. The van der Waals surface area contributed by atoms with Gasteiger partial charge >= 0.3 is 0 Å². The molecule has 3 nitrogen and oxygen atoms in total. The molecule has 0 atom stereocenters. The third-order valence-corrected chi connectivity index (χ3v) is 3.65. The molecule has 19 heavy (non-hydrogen) atoms. The molecule has 0 aliphatic carbocycles. The number of hydrogen-bond acceptors (Lipinski definition) is 3. The average molecular weight is 274 g/mol. The van der Waals surface area contributed by atoms with Gasteiger partial charge in [0, 0.05) is 11.8 Å². The molecule has 0 fully saturated rings. The van der Waals surface area contributed by atoms with Crippen LogP contribution < -0.4 is 0 Å². The monoisotopic (exact) mass is 274 g/mol. The van der Waals surface area contributed by atoms with E-state index in [9.17, 15) is 9.50 Å². The average Bonchev–Trinajstić information content (AvgIpc) is 2.78. The first-order valence-electron chi connectivity index (χ1n) is 5.77. The van der Waals surface area contributed by atoms with Gasteiger partial charge in [0.1, 0.15) is 11.6 Å². The fraction of sp³-hybridized carbons (Fsp3) is 0.0714. The summed E-state index contributed by atoms with van der Waals surface area (Å²) in [5, 5.41) is 10.1. The molecule has 96 valence electrons. The highest BCUT2D eigenvalue weighted by molar-refractivity contribution is 7.98. The van der Waals surface area contributed by atoms with E-state index in [-0.39, 0.29) is 11.6 Å². The van der Waals surface area contributed by atoms with Crippen LogP contribution in [0.3, 0.4) is 0 Å². The number of nitrogens with zero attached hydrogens (tertiary/aromatic N) is 1. The van der Waals surface area contributed by atoms with E-state index in [1.54, 1.807) is 24.3 Å². The second-order valence-electron chi connectivity index (χ2n) is 4.16. The van der Waals surface area contributed by atoms with Gasteiger partial charge in [0.15, 0.2) is 5.16 Å². The van der Waals surface area contributed by atoms with Crippen LogP contribution in [0.4, 0.5) is 4.39 Å². The lowest BCUT2D eigenvalue weighted by Gasteiger charge is -1.98. The van der Waals surface area contributed by atoms with Gasteiger partial charge < -0.3 is 10.1 Å². The summed E-state index contributed by atoms with van der Waals surface area (Å²) in [5.41, 5.74) is 2.51. The molecule has 1 heterocycles. The summed E-state index contributed by atoms with van der Waals surface area (Å²) in [6, 6.07) is 11.5. The fourth-order valence-corrected chi connectivity index (χ4v) is 2.65. The number of H-pyrrole nitrogens is 1. The molecular formula is C14H11FN2OS. The molecular weight excluding hydrogens is 263 g/mol. The van der Waals surface area contributed by atoms with Gasteiger partial charge in [-0.3, -0.25) is 0 Å². The largest absolute Gasteiger partial charge is 0.508 e. The normalized spacial score (nSPS) is 11.0. The number of thioether (sulfide) groups is 1. The van der Waals surface area contributed by atoms with Crippen LogP contribution in [-0.2, 0) is 5.75 Å². The fourth-order valence-electron chi connectivity index (χ4n) is 1.82. The molecule has 0 saturated carbocycles. The van der Waals surface area contributed by atoms with Crippen molar-refractivity contribution < 1.29 is 9.50 Å². The number of halogens is 1. The van der Waals surface area contributed by atoms with Gasteiger partial charge in [0.05, 0.1) is 11.0 Å². The van der Waals surface area contributed by atoms with E-state index in [1.165, 1.54) is 23.9 Å². The summed E-state index contributed by atoms with van der Waals surface area (Å²) in [7, 11) is 0. The molecule has 0 amide bonds. The Kier molecular flexibility index (Phi) is 3.13. The lowest BCUT2D eigenvalue weighted by molar-refractivity contribution is 0.476. The number of benzene rings is 2. The second-order valence-corrected chi connectivity index (χ2v) is 5.13. The minimum Gasteiger partial charge on any atom is -0.508 e. The smallest absolute Gasteiger partial charge is 0.166 e. The van der Waals surface area contributed by atoms with Crippen molar-refractivity contribution >= 4 is 22.8 Å². The molecule has 2 aromatic carbocycles. The number of fused-ring (bicyclic) bond motifs is 1. The predicted molar refractivity (Wildman–Crippen MR) is 73.7 cm³/mol. The number of aromatic amines is 1. The Morgan fingerprint density at radius 1 is 1.21 bits per heavy atom. The summed E-state index contributed by atoms with van der Waals surface area (Å²) >= 11 is 1.50. The number of phenols is 1. The van der Waals surface area contributed by atoms with E-state index in [4.69, 9.17) is 0 Å². The van der Waals surface area contributed by atoms with Crippen molar-refractivity contribution in [3.05, 3.63) is 53.8 Å². The van der Waals surface area contributed by atoms with Crippen LogP contribution in [0.25, 0.3) is 11.0 Å². The number of imidazole rings is 1. The van der Waals surface area contributed by atoms with Crippen LogP contribution in [0, 0.1) is 5.82 Å². The number of aromatic nitrogens is 2. The highest BCUT2D eigenvalue weighted by Gasteiger charge is 2.05. The SMILES string of the molecule is Oc1ccc2nc(SCc3cccc(F)c3)[nH]c2c1. The Bertz CT molecular complexity index is 726. The Hall–Kier alpha value is -2.01. The minimum atomic E-state index is -0.229. The maximum Gasteiger partial charge on any atom is 0.166 e. The zero-order chi connectivity index (χ0) is 13.2. The lowest BCUT2D eigenvalue weighted by Crippen LogP contribution is -1.83. The number of nitrogens with one attached hydrogen (secondary N) is 1. The first-order valence-corrected chi connectivity index (χ1v) is 6.75. The molecule has 2 N–H and O–H groups in total. The molecule has 0 spiro atoms. The van der Waals surface area contributed by atoms with E-state index >= 15 is 0 Å². The Morgan fingerprint density at radius 3 is 2.95 bits per heavy atom. The van der Waals surface area contributed by atoms with Crippen molar-refractivity contribution in [2.75, 3.05) is 0 Å². The van der Waals surface area contributed by atoms with Gasteiger partial charge in [-0.15, -0.1) is 0 Å². The van der Waals surface area contributed by atoms with Crippen LogP contribution in [0.15, 0.2) is 47.6 Å². The number of hydrogen-bond donors (Lipinski definition) is 2. The van der Waals surface area contributed by atoms with Crippen molar-refractivity contribution in [2.24, 2.45) is 0 Å². The van der Waals surface area contributed by atoms with E-state index in [2.05, 4.69) is 9.97 Å². The Balaban J connectivity index is 1.78. The summed E-state index contributed by atoms with van der Waals surface area (Å²) < 4.78 is 13.0. The van der Waals surface area contributed by atoms with Crippen molar-refractivity contribution in [2.45, 2.75) is 10.9 Å². The summed E-state index contributed by atoms with van der Waals surface area (Å²) in [6.07, 6.45) is 0. The summed E-state index contributed by atoms with van der Waals surface area (Å²) in [4.78, 5) is 7.51. The lowest BCUT2D eigenvalue weighted by atomic mass is 10.2. The molecule has 3 rings (SSSR count). The summed E-state index contributed by atoms with van der Waals surface area (Å²) in [5.74, 6) is 0.620. The minimum absolute atomic E-state index is 0.206. The zero-order valence-corrected chi connectivity index (χ0v) is 10.7. The van der Waals surface area contributed by atoms with Crippen LogP contribution in [0.2, 0.25) is 0 Å². The zero-order valence-electron chi connectivity index (χ0n) is 9.93. The molecule has 0 aliphatic heterocycles. The molecule has 0 unspecified atom stereocenters. The predicted octanol–water partition coefficient (Wildman–Crippen LogP) is 3.70. The standard InChI is InChI=1S/C14H11FN2OS/c15-10-3-1-2-9(6-10)8-19-14-16-12-5-4-11(18)7-13(12)17-14/h1-7,18H,8H2,(H,16,17). The number of aromatic hydroxyl groups is 1. The molecule has 3 aromatic rings. The first-order chi connectivity index (χ1) is 9.20. The Labute approximate surface area is 113 Å². The van der Waals surface area contributed by atoms with E-state index < -0.39 is 0 Å². The van der Waals surface area contributed by atoms with Gasteiger partial charge in [-0.05, 0) is 29.8 Å². The molecule has 5 heteroatoms.